The Labute approximate surface area is 124 Å². The molecule has 1 aliphatic heterocycles. The summed E-state index contributed by atoms with van der Waals surface area (Å²) in [5, 5.41) is 10.5. The van der Waals surface area contributed by atoms with Crippen molar-refractivity contribution in [2.24, 2.45) is 0 Å². The van der Waals surface area contributed by atoms with E-state index in [-0.39, 0.29) is 6.10 Å². The third kappa shape index (κ3) is 4.12. The highest BCUT2D eigenvalue weighted by Crippen LogP contribution is 2.22. The van der Waals surface area contributed by atoms with Gasteiger partial charge in [-0.2, -0.15) is 4.37 Å². The van der Waals surface area contributed by atoms with E-state index in [0.29, 0.717) is 12.6 Å². The van der Waals surface area contributed by atoms with Gasteiger partial charge >= 0.3 is 0 Å². The molecule has 0 amide bonds. The molecule has 0 bridgehead atoms. The second-order valence-corrected chi connectivity index (χ2v) is 6.12. The van der Waals surface area contributed by atoms with Gasteiger partial charge in [0.2, 0.25) is 5.13 Å². The first-order valence-electron chi connectivity index (χ1n) is 7.08. The van der Waals surface area contributed by atoms with Crippen molar-refractivity contribution in [2.45, 2.75) is 32.4 Å². The number of β-amino-alcohol motifs (C(OH)–C–C–N with tert-alkyl or cyclic N) is 1. The summed E-state index contributed by atoms with van der Waals surface area (Å²) < 4.78 is 9.44. The highest BCUT2D eigenvalue weighted by molar-refractivity contribution is 7.09. The van der Waals surface area contributed by atoms with Crippen LogP contribution in [-0.4, -0.2) is 71.4 Å². The molecule has 2 unspecified atom stereocenters. The van der Waals surface area contributed by atoms with Crippen LogP contribution < -0.4 is 4.90 Å². The van der Waals surface area contributed by atoms with Crippen molar-refractivity contribution >= 4 is 16.7 Å². The zero-order valence-electron chi connectivity index (χ0n) is 12.4. The smallest absolute Gasteiger partial charge is 0.205 e. The molecule has 1 fully saturated rings. The van der Waals surface area contributed by atoms with Gasteiger partial charge in [-0.05, 0) is 13.8 Å². The topological polar surface area (TPSA) is 61.7 Å². The van der Waals surface area contributed by atoms with Gasteiger partial charge in [0, 0.05) is 57.3 Å². The van der Waals surface area contributed by atoms with E-state index in [1.807, 2.05) is 6.92 Å². The highest BCUT2D eigenvalue weighted by atomic mass is 32.1. The number of nitrogens with zero attached hydrogens (tertiary/aromatic N) is 4. The molecule has 7 heteroatoms. The summed E-state index contributed by atoms with van der Waals surface area (Å²) in [5.74, 6) is 0.866. The summed E-state index contributed by atoms with van der Waals surface area (Å²) in [6.07, 6.45) is 0.500. The van der Waals surface area contributed by atoms with E-state index in [9.17, 15) is 5.11 Å². The maximum Gasteiger partial charge on any atom is 0.205 e. The molecule has 0 spiro atoms. The molecule has 1 saturated heterocycles. The number of aromatic nitrogens is 2. The number of methoxy groups -OCH3 is 1. The van der Waals surface area contributed by atoms with E-state index in [1.54, 1.807) is 7.11 Å². The van der Waals surface area contributed by atoms with E-state index in [4.69, 9.17) is 4.74 Å². The molecule has 2 rings (SSSR count). The molecular formula is C13H24N4O2S. The Kier molecular flexibility index (Phi) is 5.71. The number of aliphatic hydroxyl groups excluding tert-OH is 1. The molecule has 114 valence electrons. The predicted molar refractivity (Wildman–Crippen MR) is 80.4 cm³/mol. The van der Waals surface area contributed by atoms with Gasteiger partial charge in [0.15, 0.2) is 0 Å². The van der Waals surface area contributed by atoms with E-state index in [1.165, 1.54) is 11.5 Å². The molecule has 1 aromatic heterocycles. The summed E-state index contributed by atoms with van der Waals surface area (Å²) in [4.78, 5) is 9.21. The van der Waals surface area contributed by atoms with E-state index in [2.05, 4.69) is 26.1 Å². The number of aliphatic hydroxyl groups is 1. The molecule has 2 atom stereocenters. The molecule has 6 nitrogen and oxygen atoms in total. The van der Waals surface area contributed by atoms with Crippen LogP contribution in [0.5, 0.6) is 0 Å². The van der Waals surface area contributed by atoms with Crippen LogP contribution in [0, 0.1) is 0 Å². The maximum atomic E-state index is 9.47. The molecule has 1 aromatic rings. The Balaban J connectivity index is 1.91. The maximum absolute atomic E-state index is 9.47. The van der Waals surface area contributed by atoms with Crippen LogP contribution in [0.25, 0.3) is 0 Å². The summed E-state index contributed by atoms with van der Waals surface area (Å²) >= 11 is 1.47. The largest absolute Gasteiger partial charge is 0.392 e. The van der Waals surface area contributed by atoms with Crippen molar-refractivity contribution in [3.8, 4) is 0 Å². The van der Waals surface area contributed by atoms with Gasteiger partial charge in [0.25, 0.3) is 0 Å². The SMILES string of the molecule is COCCc1nsc(N2CCN(CC(C)O)CC2C)n1. The first-order chi connectivity index (χ1) is 9.60. The number of ether oxygens (including phenoxy) is 1. The first-order valence-corrected chi connectivity index (χ1v) is 7.86. The Morgan fingerprint density at radius 3 is 2.95 bits per heavy atom. The molecular weight excluding hydrogens is 276 g/mol. The summed E-state index contributed by atoms with van der Waals surface area (Å²) in [6, 6.07) is 0.394. The van der Waals surface area contributed by atoms with Crippen molar-refractivity contribution in [2.75, 3.05) is 44.8 Å². The Bertz CT molecular complexity index is 413. The molecule has 0 aliphatic carbocycles. The summed E-state index contributed by atoms with van der Waals surface area (Å²) in [6.45, 7) is 8.29. The van der Waals surface area contributed by atoms with Crippen LogP contribution in [0.1, 0.15) is 19.7 Å². The van der Waals surface area contributed by atoms with Crippen LogP contribution in [0.3, 0.4) is 0 Å². The lowest BCUT2D eigenvalue weighted by Crippen LogP contribution is -2.53. The lowest BCUT2D eigenvalue weighted by atomic mass is 10.2. The minimum absolute atomic E-state index is 0.268. The van der Waals surface area contributed by atoms with Crippen LogP contribution in [0.2, 0.25) is 0 Å². The fourth-order valence-electron chi connectivity index (χ4n) is 2.51. The molecule has 0 aromatic carbocycles. The second kappa shape index (κ2) is 7.31. The van der Waals surface area contributed by atoms with Gasteiger partial charge in [-0.1, -0.05) is 0 Å². The number of hydrogen-bond donors (Lipinski definition) is 1. The van der Waals surface area contributed by atoms with Gasteiger partial charge in [-0.25, -0.2) is 4.98 Å². The van der Waals surface area contributed by atoms with Crippen LogP contribution in [-0.2, 0) is 11.2 Å². The van der Waals surface area contributed by atoms with E-state index in [0.717, 1.165) is 43.6 Å². The molecule has 0 saturated carbocycles. The van der Waals surface area contributed by atoms with Gasteiger partial charge in [-0.15, -0.1) is 0 Å². The van der Waals surface area contributed by atoms with Crippen molar-refractivity contribution in [3.05, 3.63) is 5.82 Å². The lowest BCUT2D eigenvalue weighted by Gasteiger charge is -2.39. The third-order valence-corrected chi connectivity index (χ3v) is 4.26. The minimum Gasteiger partial charge on any atom is -0.392 e. The normalized spacial score (nSPS) is 22.2. The van der Waals surface area contributed by atoms with Crippen molar-refractivity contribution < 1.29 is 9.84 Å². The molecule has 1 aliphatic rings. The Morgan fingerprint density at radius 2 is 2.30 bits per heavy atom. The number of rotatable bonds is 6. The van der Waals surface area contributed by atoms with E-state index >= 15 is 0 Å². The fourth-order valence-corrected chi connectivity index (χ4v) is 3.35. The zero-order valence-corrected chi connectivity index (χ0v) is 13.3. The molecule has 20 heavy (non-hydrogen) atoms. The van der Waals surface area contributed by atoms with Gasteiger partial charge in [-0.3, -0.25) is 4.90 Å². The Morgan fingerprint density at radius 1 is 1.50 bits per heavy atom. The number of hydrogen-bond acceptors (Lipinski definition) is 7. The van der Waals surface area contributed by atoms with Gasteiger partial charge in [0.1, 0.15) is 5.82 Å². The van der Waals surface area contributed by atoms with Crippen molar-refractivity contribution in [1.82, 2.24) is 14.3 Å². The second-order valence-electron chi connectivity index (χ2n) is 5.39. The quantitative estimate of drug-likeness (QED) is 0.831. The van der Waals surface area contributed by atoms with Gasteiger partial charge in [0.05, 0.1) is 12.7 Å². The van der Waals surface area contributed by atoms with Crippen LogP contribution >= 0.6 is 11.5 Å². The predicted octanol–water partition coefficient (Wildman–Crippen LogP) is 0.618. The van der Waals surface area contributed by atoms with Crippen LogP contribution in [0.15, 0.2) is 0 Å². The highest BCUT2D eigenvalue weighted by Gasteiger charge is 2.26. The van der Waals surface area contributed by atoms with Crippen LogP contribution in [0.4, 0.5) is 5.13 Å². The number of piperazine rings is 1. The Hall–Kier alpha value is -0.760. The average molecular weight is 300 g/mol. The monoisotopic (exact) mass is 300 g/mol. The van der Waals surface area contributed by atoms with Crippen molar-refractivity contribution in [1.29, 1.82) is 0 Å². The molecule has 0 radical (unpaired) electrons. The van der Waals surface area contributed by atoms with Crippen molar-refractivity contribution in [3.63, 3.8) is 0 Å². The van der Waals surface area contributed by atoms with Gasteiger partial charge < -0.3 is 14.7 Å². The first kappa shape index (κ1) is 15.6. The minimum atomic E-state index is -0.268. The fraction of sp³-hybridized carbons (Fsp3) is 0.846. The molecule has 1 N–H and O–H groups in total. The number of anilines is 1. The average Bonchev–Trinajstić information content (AvgIpc) is 2.84. The van der Waals surface area contributed by atoms with E-state index < -0.39 is 0 Å². The summed E-state index contributed by atoms with van der Waals surface area (Å²) in [7, 11) is 1.69. The lowest BCUT2D eigenvalue weighted by molar-refractivity contribution is 0.114. The summed E-state index contributed by atoms with van der Waals surface area (Å²) in [5.41, 5.74) is 0. The molecule has 2 heterocycles. The third-order valence-electron chi connectivity index (χ3n) is 3.47. The zero-order chi connectivity index (χ0) is 14.5. The standard InChI is InChI=1S/C13H24N4O2S/c1-10-8-16(9-11(2)18)5-6-17(10)13-14-12(15-20-13)4-7-19-3/h10-11,18H,4-9H2,1-3H3.